The van der Waals surface area contributed by atoms with Gasteiger partial charge in [0.15, 0.2) is 0 Å². The van der Waals surface area contributed by atoms with Crippen molar-refractivity contribution in [3.05, 3.63) is 21.7 Å². The van der Waals surface area contributed by atoms with Crippen LogP contribution in [0.5, 0.6) is 11.5 Å². The molecule has 2 N–H and O–H groups in total. The zero-order chi connectivity index (χ0) is 12.7. The van der Waals surface area contributed by atoms with Gasteiger partial charge in [-0.15, -0.1) is 0 Å². The van der Waals surface area contributed by atoms with Crippen LogP contribution in [0.4, 0.5) is 0 Å². The fourth-order valence-electron chi connectivity index (χ4n) is 3.27. The van der Waals surface area contributed by atoms with Gasteiger partial charge in [-0.2, -0.15) is 0 Å². The first-order valence-corrected chi connectivity index (χ1v) is 7.28. The maximum absolute atomic E-state index is 5.96. The minimum Gasteiger partial charge on any atom is -0.496 e. The van der Waals surface area contributed by atoms with Crippen LogP contribution < -0.4 is 15.2 Å². The molecular formula is C14H18BrNO2. The Morgan fingerprint density at radius 3 is 3.00 bits per heavy atom. The maximum atomic E-state index is 5.96. The lowest BCUT2D eigenvalue weighted by Gasteiger charge is -2.20. The summed E-state index contributed by atoms with van der Waals surface area (Å²) in [6, 6.07) is 2.02. The van der Waals surface area contributed by atoms with Crippen LogP contribution >= 0.6 is 15.9 Å². The van der Waals surface area contributed by atoms with Crippen LogP contribution in [0.25, 0.3) is 0 Å². The van der Waals surface area contributed by atoms with E-state index in [1.165, 1.54) is 24.0 Å². The van der Waals surface area contributed by atoms with Crippen molar-refractivity contribution in [3.63, 3.8) is 0 Å². The fourth-order valence-corrected chi connectivity index (χ4v) is 3.81. The van der Waals surface area contributed by atoms with Gasteiger partial charge in [-0.3, -0.25) is 0 Å². The monoisotopic (exact) mass is 311 g/mol. The van der Waals surface area contributed by atoms with Crippen molar-refractivity contribution < 1.29 is 9.47 Å². The van der Waals surface area contributed by atoms with E-state index in [1.54, 1.807) is 7.11 Å². The summed E-state index contributed by atoms with van der Waals surface area (Å²) in [7, 11) is 1.73. The summed E-state index contributed by atoms with van der Waals surface area (Å²) >= 11 is 3.58. The van der Waals surface area contributed by atoms with Gasteiger partial charge in [0.25, 0.3) is 0 Å². The van der Waals surface area contributed by atoms with Crippen molar-refractivity contribution in [1.29, 1.82) is 0 Å². The summed E-state index contributed by atoms with van der Waals surface area (Å²) in [5, 5.41) is 0. The molecule has 4 heteroatoms. The van der Waals surface area contributed by atoms with Crippen LogP contribution in [0.1, 0.15) is 42.2 Å². The Balaban J connectivity index is 2.24. The van der Waals surface area contributed by atoms with E-state index in [9.17, 15) is 0 Å². The molecule has 0 fully saturated rings. The van der Waals surface area contributed by atoms with Gasteiger partial charge in [-0.1, -0.05) is 6.42 Å². The second-order valence-corrected chi connectivity index (χ2v) is 5.94. The van der Waals surface area contributed by atoms with E-state index in [0.29, 0.717) is 18.4 Å². The molecule has 3 rings (SSSR count). The number of rotatable bonds is 2. The van der Waals surface area contributed by atoms with Gasteiger partial charge < -0.3 is 15.2 Å². The Hall–Kier alpha value is -0.740. The predicted molar refractivity (Wildman–Crippen MR) is 74.6 cm³/mol. The van der Waals surface area contributed by atoms with Gasteiger partial charge in [0.1, 0.15) is 11.5 Å². The van der Waals surface area contributed by atoms with Crippen molar-refractivity contribution in [2.45, 2.75) is 31.1 Å². The van der Waals surface area contributed by atoms with Crippen LogP contribution in [0.3, 0.4) is 0 Å². The molecule has 3 nitrogen and oxygen atoms in total. The minimum atomic E-state index is 0.397. The van der Waals surface area contributed by atoms with E-state index < -0.39 is 0 Å². The van der Waals surface area contributed by atoms with E-state index >= 15 is 0 Å². The van der Waals surface area contributed by atoms with Gasteiger partial charge in [0.2, 0.25) is 0 Å². The first kappa shape index (κ1) is 12.3. The molecule has 0 aromatic heterocycles. The van der Waals surface area contributed by atoms with E-state index in [1.807, 2.05) is 6.07 Å². The Labute approximate surface area is 116 Å². The highest BCUT2D eigenvalue weighted by Crippen LogP contribution is 2.51. The average molecular weight is 312 g/mol. The molecule has 1 aliphatic carbocycles. The molecule has 2 atom stereocenters. The van der Waals surface area contributed by atoms with E-state index in [-0.39, 0.29) is 0 Å². The van der Waals surface area contributed by atoms with Crippen molar-refractivity contribution in [3.8, 4) is 11.5 Å². The Bertz CT molecular complexity index is 475. The molecular weight excluding hydrogens is 294 g/mol. The van der Waals surface area contributed by atoms with Gasteiger partial charge in [-0.05, 0) is 41.4 Å². The molecule has 2 aliphatic rings. The molecule has 1 aliphatic heterocycles. The standard InChI is InChI=1S/C14H18BrNO2/c1-17-11-5-10(15)14-13-9(7-18-14)4-2-3-8(6-16)12(11)13/h5,8-9H,2-4,6-7,16H2,1H3/t8-,9-/m1/s1. The van der Waals surface area contributed by atoms with Gasteiger partial charge >= 0.3 is 0 Å². The third-order valence-electron chi connectivity index (χ3n) is 4.13. The lowest BCUT2D eigenvalue weighted by molar-refractivity contribution is 0.320. The van der Waals surface area contributed by atoms with Crippen molar-refractivity contribution in [2.24, 2.45) is 5.73 Å². The smallest absolute Gasteiger partial charge is 0.137 e. The van der Waals surface area contributed by atoms with Crippen molar-refractivity contribution in [2.75, 3.05) is 20.3 Å². The zero-order valence-electron chi connectivity index (χ0n) is 10.5. The normalized spacial score (nSPS) is 25.3. The highest BCUT2D eigenvalue weighted by molar-refractivity contribution is 9.10. The largest absolute Gasteiger partial charge is 0.496 e. The van der Waals surface area contributed by atoms with Crippen LogP contribution in [-0.2, 0) is 0 Å². The van der Waals surface area contributed by atoms with Crippen LogP contribution in [0.2, 0.25) is 0 Å². The number of nitrogens with two attached hydrogens (primary N) is 1. The molecule has 98 valence electrons. The number of ether oxygens (including phenoxy) is 2. The average Bonchev–Trinajstić information content (AvgIpc) is 2.71. The predicted octanol–water partition coefficient (Wildman–Crippen LogP) is 3.16. The zero-order valence-corrected chi connectivity index (χ0v) is 12.1. The van der Waals surface area contributed by atoms with E-state index in [0.717, 1.165) is 29.0 Å². The summed E-state index contributed by atoms with van der Waals surface area (Å²) in [5.41, 5.74) is 8.59. The topological polar surface area (TPSA) is 44.5 Å². The number of halogens is 1. The van der Waals surface area contributed by atoms with Crippen molar-refractivity contribution >= 4 is 15.9 Å². The third-order valence-corrected chi connectivity index (χ3v) is 4.72. The number of benzene rings is 1. The molecule has 0 saturated carbocycles. The first-order chi connectivity index (χ1) is 8.76. The molecule has 1 heterocycles. The molecule has 1 aromatic rings. The second-order valence-electron chi connectivity index (χ2n) is 5.09. The number of methoxy groups -OCH3 is 1. The van der Waals surface area contributed by atoms with Gasteiger partial charge in [0.05, 0.1) is 18.2 Å². The molecule has 0 radical (unpaired) electrons. The lowest BCUT2D eigenvalue weighted by atomic mass is 9.89. The number of hydrogen-bond acceptors (Lipinski definition) is 3. The summed E-state index contributed by atoms with van der Waals surface area (Å²) in [5.74, 6) is 2.87. The van der Waals surface area contributed by atoms with Crippen LogP contribution in [0.15, 0.2) is 10.5 Å². The molecule has 0 saturated heterocycles. The SMILES string of the molecule is COc1cc(Br)c2c3c1[C@@H](CN)CCC[C@@H]3CO2. The van der Waals surface area contributed by atoms with Gasteiger partial charge in [0, 0.05) is 23.0 Å². The fraction of sp³-hybridized carbons (Fsp3) is 0.571. The highest BCUT2D eigenvalue weighted by Gasteiger charge is 2.35. The minimum absolute atomic E-state index is 0.397. The van der Waals surface area contributed by atoms with Crippen molar-refractivity contribution in [1.82, 2.24) is 0 Å². The molecule has 0 bridgehead atoms. The van der Waals surface area contributed by atoms with E-state index in [4.69, 9.17) is 15.2 Å². The lowest BCUT2D eigenvalue weighted by Crippen LogP contribution is -2.14. The quantitative estimate of drug-likeness (QED) is 0.912. The van der Waals surface area contributed by atoms with Crippen LogP contribution in [-0.4, -0.2) is 20.3 Å². The Morgan fingerprint density at radius 2 is 2.28 bits per heavy atom. The molecule has 0 amide bonds. The summed E-state index contributed by atoms with van der Waals surface area (Å²) in [6.07, 6.45) is 3.55. The Morgan fingerprint density at radius 1 is 1.44 bits per heavy atom. The molecule has 18 heavy (non-hydrogen) atoms. The number of hydrogen-bond donors (Lipinski definition) is 1. The summed E-state index contributed by atoms with van der Waals surface area (Å²) in [4.78, 5) is 0. The highest BCUT2D eigenvalue weighted by atomic mass is 79.9. The maximum Gasteiger partial charge on any atom is 0.137 e. The molecule has 1 aromatic carbocycles. The first-order valence-electron chi connectivity index (χ1n) is 6.49. The molecule has 0 unspecified atom stereocenters. The Kier molecular flexibility index (Phi) is 3.24. The van der Waals surface area contributed by atoms with Crippen LogP contribution in [0, 0.1) is 0 Å². The summed E-state index contributed by atoms with van der Waals surface area (Å²) < 4.78 is 12.4. The second kappa shape index (κ2) is 4.74. The van der Waals surface area contributed by atoms with Gasteiger partial charge in [-0.25, -0.2) is 0 Å². The van der Waals surface area contributed by atoms with E-state index in [2.05, 4.69) is 15.9 Å². The third kappa shape index (κ3) is 1.74. The summed E-state index contributed by atoms with van der Waals surface area (Å²) in [6.45, 7) is 1.47. The molecule has 0 spiro atoms.